The molecule has 0 radical (unpaired) electrons. The van der Waals surface area contributed by atoms with Crippen molar-refractivity contribution in [3.8, 4) is 0 Å². The molecule has 0 aromatic rings. The van der Waals surface area contributed by atoms with Gasteiger partial charge in [0.25, 0.3) is 0 Å². The molecule has 0 N–H and O–H groups in total. The van der Waals surface area contributed by atoms with Gasteiger partial charge in [-0.05, 0) is 16.6 Å². The van der Waals surface area contributed by atoms with Crippen molar-refractivity contribution in [3.05, 3.63) is 0 Å². The van der Waals surface area contributed by atoms with Crippen molar-refractivity contribution in [2.45, 2.75) is 71.5 Å². The van der Waals surface area contributed by atoms with E-state index in [-0.39, 0.29) is 0 Å². The van der Waals surface area contributed by atoms with Crippen LogP contribution in [-0.4, -0.2) is 18.8 Å². The van der Waals surface area contributed by atoms with E-state index in [9.17, 15) is 4.79 Å². The first kappa shape index (κ1) is 16.2. The van der Waals surface area contributed by atoms with Gasteiger partial charge in [0.2, 0.25) is 0 Å². The predicted octanol–water partition coefficient (Wildman–Crippen LogP) is 4.87. The second kappa shape index (κ2) is 6.85. The van der Waals surface area contributed by atoms with Crippen LogP contribution in [-0.2, 0) is 4.79 Å². The summed E-state index contributed by atoms with van der Waals surface area (Å²) in [5.74, 6) is 1.14. The van der Waals surface area contributed by atoms with Gasteiger partial charge in [-0.25, -0.2) is 0 Å². The molecular formula is C13H28OSSi. The zero-order chi connectivity index (χ0) is 12.9. The van der Waals surface area contributed by atoms with Crippen LogP contribution in [0.3, 0.4) is 0 Å². The smallest absolute Gasteiger partial charge is 0.141 e. The fraction of sp³-hybridized carbons (Fsp3) is 0.923. The molecule has 0 atom stereocenters. The molecule has 3 heteroatoms. The Morgan fingerprint density at radius 2 is 1.38 bits per heavy atom. The highest BCUT2D eigenvalue weighted by Gasteiger charge is 2.43. The third kappa shape index (κ3) is 3.62. The maximum Gasteiger partial charge on any atom is 0.141 e. The summed E-state index contributed by atoms with van der Waals surface area (Å²) in [7, 11) is -1.41. The molecule has 0 spiro atoms. The van der Waals surface area contributed by atoms with Crippen molar-refractivity contribution in [1.82, 2.24) is 0 Å². The van der Waals surface area contributed by atoms with Crippen LogP contribution in [0.1, 0.15) is 54.9 Å². The molecule has 0 amide bonds. The van der Waals surface area contributed by atoms with Crippen molar-refractivity contribution in [2.75, 3.05) is 5.75 Å². The first-order chi connectivity index (χ1) is 7.28. The first-order valence-corrected chi connectivity index (χ1v) is 10.4. The topological polar surface area (TPSA) is 17.1 Å². The van der Waals surface area contributed by atoms with Crippen LogP contribution in [0, 0.1) is 0 Å². The molecule has 0 aromatic carbocycles. The van der Waals surface area contributed by atoms with Gasteiger partial charge in [0.05, 0.1) is 0 Å². The van der Waals surface area contributed by atoms with E-state index in [2.05, 4.69) is 41.5 Å². The van der Waals surface area contributed by atoms with Gasteiger partial charge in [0.15, 0.2) is 0 Å². The molecule has 0 aliphatic heterocycles. The highest BCUT2D eigenvalue weighted by molar-refractivity contribution is 8.29. The zero-order valence-corrected chi connectivity index (χ0v) is 13.8. The van der Waals surface area contributed by atoms with Crippen molar-refractivity contribution in [3.63, 3.8) is 0 Å². The van der Waals surface area contributed by atoms with E-state index in [0.29, 0.717) is 12.2 Å². The normalized spacial score (nSPS) is 12.9. The summed E-state index contributed by atoms with van der Waals surface area (Å²) in [5.41, 5.74) is 2.21. The predicted molar refractivity (Wildman–Crippen MR) is 78.8 cm³/mol. The highest BCUT2D eigenvalue weighted by atomic mass is 32.4. The van der Waals surface area contributed by atoms with Crippen LogP contribution >= 0.6 is 11.2 Å². The van der Waals surface area contributed by atoms with Gasteiger partial charge in [-0.15, -0.1) is 0 Å². The Hall–Kier alpha value is 0.237. The Morgan fingerprint density at radius 3 is 1.62 bits per heavy atom. The number of carbonyl (C=O) groups excluding carboxylic acids is 1. The highest BCUT2D eigenvalue weighted by Crippen LogP contribution is 2.49. The molecule has 0 aromatic heterocycles. The van der Waals surface area contributed by atoms with Crippen LogP contribution in [0.4, 0.5) is 0 Å². The van der Waals surface area contributed by atoms with E-state index in [1.807, 2.05) is 18.1 Å². The average molecular weight is 261 g/mol. The Bertz CT molecular complexity index is 202. The lowest BCUT2D eigenvalue weighted by Crippen LogP contribution is -2.42. The summed E-state index contributed by atoms with van der Waals surface area (Å²) in [4.78, 5) is 11.5. The molecule has 0 bridgehead atoms. The summed E-state index contributed by atoms with van der Waals surface area (Å²) in [6.07, 6.45) is 0.686. The summed E-state index contributed by atoms with van der Waals surface area (Å²) in [6.45, 7) is 16.0. The average Bonchev–Trinajstić information content (AvgIpc) is 2.16. The van der Waals surface area contributed by atoms with Gasteiger partial charge < -0.3 is 0 Å². The molecule has 0 aliphatic rings. The lowest BCUT2D eigenvalue weighted by atomic mass is 10.4. The van der Waals surface area contributed by atoms with Crippen molar-refractivity contribution >= 4 is 24.2 Å². The lowest BCUT2D eigenvalue weighted by Gasteiger charge is -2.42. The zero-order valence-electron chi connectivity index (χ0n) is 12.0. The van der Waals surface area contributed by atoms with Crippen molar-refractivity contribution in [1.29, 1.82) is 0 Å². The third-order valence-electron chi connectivity index (χ3n) is 3.58. The third-order valence-corrected chi connectivity index (χ3v) is 16.1. The number of hydrogen-bond donors (Lipinski definition) is 0. The van der Waals surface area contributed by atoms with E-state index in [1.165, 1.54) is 0 Å². The summed E-state index contributed by atoms with van der Waals surface area (Å²) >= 11 is 2.02. The molecule has 0 rings (SSSR count). The fourth-order valence-corrected chi connectivity index (χ4v) is 12.7. The molecule has 0 fully saturated rings. The van der Waals surface area contributed by atoms with Crippen LogP contribution in [0.2, 0.25) is 16.6 Å². The Morgan fingerprint density at radius 1 is 1.00 bits per heavy atom. The Balaban J connectivity index is 4.84. The standard InChI is InChI=1S/C13H28OSSi/c1-8-13(14)9-15-16(10(2)3,11(4)5)12(6)7/h10-12H,8-9H2,1-7H3. The number of Topliss-reactive ketones (excluding diaryl/α,β-unsaturated/α-hetero) is 1. The van der Waals surface area contributed by atoms with Gasteiger partial charge in [-0.1, -0.05) is 48.5 Å². The number of carbonyl (C=O) groups is 1. The molecule has 1 nitrogen and oxygen atoms in total. The van der Waals surface area contributed by atoms with Gasteiger partial charge in [-0.3, -0.25) is 4.79 Å². The maximum absolute atomic E-state index is 11.5. The molecule has 0 unspecified atom stereocenters. The van der Waals surface area contributed by atoms with E-state index in [0.717, 1.165) is 22.4 Å². The molecule has 96 valence electrons. The second-order valence-corrected chi connectivity index (χ2v) is 14.2. The van der Waals surface area contributed by atoms with Crippen molar-refractivity contribution in [2.24, 2.45) is 0 Å². The number of hydrogen-bond acceptors (Lipinski definition) is 2. The minimum atomic E-state index is -1.41. The molecule has 16 heavy (non-hydrogen) atoms. The van der Waals surface area contributed by atoms with Gasteiger partial charge >= 0.3 is 0 Å². The number of rotatable bonds is 7. The minimum absolute atomic E-state index is 0.406. The van der Waals surface area contributed by atoms with Gasteiger partial charge in [0.1, 0.15) is 13.0 Å². The fourth-order valence-electron chi connectivity index (χ4n) is 2.81. The van der Waals surface area contributed by atoms with Crippen LogP contribution in [0.5, 0.6) is 0 Å². The molecule has 0 aliphatic carbocycles. The van der Waals surface area contributed by atoms with E-state index in [4.69, 9.17) is 0 Å². The van der Waals surface area contributed by atoms with E-state index in [1.54, 1.807) is 0 Å². The lowest BCUT2D eigenvalue weighted by molar-refractivity contribution is -0.116. The summed E-state index contributed by atoms with van der Waals surface area (Å²) in [6, 6.07) is 0. The number of ketones is 1. The molecule has 0 saturated heterocycles. The monoisotopic (exact) mass is 260 g/mol. The quantitative estimate of drug-likeness (QED) is 0.607. The molecular weight excluding hydrogens is 232 g/mol. The molecule has 0 saturated carbocycles. The minimum Gasteiger partial charge on any atom is -0.299 e. The maximum atomic E-state index is 11.5. The summed E-state index contributed by atoms with van der Waals surface area (Å²) < 4.78 is 0. The largest absolute Gasteiger partial charge is 0.299 e. The van der Waals surface area contributed by atoms with Gasteiger partial charge in [0, 0.05) is 12.2 Å². The van der Waals surface area contributed by atoms with E-state index < -0.39 is 7.22 Å². The summed E-state index contributed by atoms with van der Waals surface area (Å²) in [5, 5.41) is 0. The van der Waals surface area contributed by atoms with Crippen molar-refractivity contribution < 1.29 is 4.79 Å². The molecule has 0 heterocycles. The Labute approximate surface area is 106 Å². The van der Waals surface area contributed by atoms with Crippen LogP contribution in [0.15, 0.2) is 0 Å². The second-order valence-electron chi connectivity index (χ2n) is 5.50. The van der Waals surface area contributed by atoms with Crippen LogP contribution < -0.4 is 0 Å². The van der Waals surface area contributed by atoms with Gasteiger partial charge in [-0.2, -0.15) is 11.2 Å². The first-order valence-electron chi connectivity index (χ1n) is 6.44. The van der Waals surface area contributed by atoms with Crippen LogP contribution in [0.25, 0.3) is 0 Å². The Kier molecular flexibility index (Phi) is 6.95. The SMILES string of the molecule is CCC(=O)CS[Si](C(C)C)(C(C)C)C(C)C. The van der Waals surface area contributed by atoms with E-state index >= 15 is 0 Å².